The van der Waals surface area contributed by atoms with Gasteiger partial charge in [-0.3, -0.25) is 9.69 Å². The molecule has 1 aromatic carbocycles. The number of carbonyl (C=O) groups is 1. The molecular formula is C24H29N5OS. The number of carbonyl (C=O) groups excluding carboxylic acids is 1. The third-order valence-corrected chi connectivity index (χ3v) is 8.41. The first-order valence-corrected chi connectivity index (χ1v) is 11.9. The second-order valence-corrected chi connectivity index (χ2v) is 10.2. The summed E-state index contributed by atoms with van der Waals surface area (Å²) in [7, 11) is 2.22. The molecule has 0 spiro atoms. The first-order chi connectivity index (χ1) is 15.0. The molecule has 31 heavy (non-hydrogen) atoms. The number of aryl methyl sites for hydroxylation is 1. The topological polar surface area (TPSA) is 98.1 Å². The number of rotatable bonds is 5. The van der Waals surface area contributed by atoms with Crippen molar-refractivity contribution in [3.8, 4) is 0 Å². The Balaban J connectivity index is 1.31. The Morgan fingerprint density at radius 1 is 1.19 bits per heavy atom. The summed E-state index contributed by atoms with van der Waals surface area (Å²) >= 11 is 1.81. The van der Waals surface area contributed by atoms with Crippen LogP contribution >= 0.6 is 11.3 Å². The van der Waals surface area contributed by atoms with E-state index in [-0.39, 0.29) is 5.91 Å². The third-order valence-electron chi connectivity index (χ3n) is 7.23. The Kier molecular flexibility index (Phi) is 5.40. The highest BCUT2D eigenvalue weighted by molar-refractivity contribution is 7.19. The van der Waals surface area contributed by atoms with Crippen LogP contribution in [0.1, 0.15) is 64.4 Å². The second-order valence-electron chi connectivity index (χ2n) is 9.08. The molecule has 1 fully saturated rings. The molecule has 0 aliphatic heterocycles. The number of amides is 1. The highest BCUT2D eigenvalue weighted by Gasteiger charge is 2.37. The number of nitrogens with zero attached hydrogens (tertiary/aromatic N) is 3. The quantitative estimate of drug-likeness (QED) is 0.629. The van der Waals surface area contributed by atoms with Gasteiger partial charge in [0, 0.05) is 23.0 Å². The lowest BCUT2D eigenvalue weighted by atomic mass is 9.75. The van der Waals surface area contributed by atoms with Crippen LogP contribution in [0.3, 0.4) is 0 Å². The fourth-order valence-corrected chi connectivity index (χ4v) is 6.90. The molecule has 2 unspecified atom stereocenters. The number of aromatic nitrogens is 2. The number of anilines is 1. The lowest BCUT2D eigenvalue weighted by molar-refractivity contribution is 0.1000. The summed E-state index contributed by atoms with van der Waals surface area (Å²) in [6, 6.07) is 8.24. The van der Waals surface area contributed by atoms with Gasteiger partial charge in [0.05, 0.1) is 5.39 Å². The van der Waals surface area contributed by atoms with Gasteiger partial charge in [0.1, 0.15) is 17.0 Å². The number of fused-ring (bicyclic) bond motifs is 3. The largest absolute Gasteiger partial charge is 0.383 e. The van der Waals surface area contributed by atoms with Crippen molar-refractivity contribution in [3.63, 3.8) is 0 Å². The summed E-state index contributed by atoms with van der Waals surface area (Å²) in [4.78, 5) is 25.1. The Hall–Kier alpha value is -2.51. The summed E-state index contributed by atoms with van der Waals surface area (Å²) < 4.78 is 0. The Labute approximate surface area is 186 Å². The van der Waals surface area contributed by atoms with E-state index in [0.717, 1.165) is 23.2 Å². The molecule has 0 saturated heterocycles. The van der Waals surface area contributed by atoms with E-state index in [4.69, 9.17) is 11.5 Å². The lowest BCUT2D eigenvalue weighted by Crippen LogP contribution is -2.36. The maximum absolute atomic E-state index is 11.3. The van der Waals surface area contributed by atoms with E-state index in [1.54, 1.807) is 17.7 Å². The van der Waals surface area contributed by atoms with Crippen molar-refractivity contribution in [2.24, 2.45) is 11.7 Å². The fourth-order valence-electron chi connectivity index (χ4n) is 5.66. The van der Waals surface area contributed by atoms with Crippen molar-refractivity contribution < 1.29 is 4.79 Å². The molecule has 5 rings (SSSR count). The number of primary amides is 1. The summed E-state index contributed by atoms with van der Waals surface area (Å²) in [6.45, 7) is 0.883. The van der Waals surface area contributed by atoms with Gasteiger partial charge in [-0.1, -0.05) is 18.6 Å². The molecule has 1 saturated carbocycles. The van der Waals surface area contributed by atoms with Crippen LogP contribution in [0.15, 0.2) is 30.6 Å². The molecule has 1 amide bonds. The summed E-state index contributed by atoms with van der Waals surface area (Å²) in [5, 5.41) is 1.12. The Morgan fingerprint density at radius 2 is 2.00 bits per heavy atom. The fraction of sp³-hybridized carbons (Fsp3) is 0.458. The summed E-state index contributed by atoms with van der Waals surface area (Å²) in [6.07, 6.45) is 8.95. The average molecular weight is 436 g/mol. The van der Waals surface area contributed by atoms with Gasteiger partial charge in [0.2, 0.25) is 5.91 Å². The number of thiophene rings is 1. The van der Waals surface area contributed by atoms with Gasteiger partial charge in [-0.15, -0.1) is 11.3 Å². The minimum Gasteiger partial charge on any atom is -0.383 e. The van der Waals surface area contributed by atoms with Crippen LogP contribution in [-0.4, -0.2) is 33.9 Å². The molecule has 2 aliphatic rings. The van der Waals surface area contributed by atoms with E-state index >= 15 is 0 Å². The first kappa shape index (κ1) is 20.4. The Bertz CT molecular complexity index is 1110. The van der Waals surface area contributed by atoms with Gasteiger partial charge in [0.15, 0.2) is 0 Å². The van der Waals surface area contributed by atoms with Crippen LogP contribution in [0, 0.1) is 5.92 Å². The maximum atomic E-state index is 11.3. The molecule has 3 aromatic rings. The minimum atomic E-state index is -0.377. The van der Waals surface area contributed by atoms with Crippen molar-refractivity contribution in [1.29, 1.82) is 0 Å². The minimum absolute atomic E-state index is 0.377. The smallest absolute Gasteiger partial charge is 0.248 e. The van der Waals surface area contributed by atoms with Crippen LogP contribution in [0.4, 0.5) is 5.82 Å². The molecule has 0 bridgehead atoms. The van der Waals surface area contributed by atoms with Gasteiger partial charge in [-0.05, 0) is 74.2 Å². The van der Waals surface area contributed by atoms with Gasteiger partial charge in [-0.25, -0.2) is 9.97 Å². The molecule has 6 nitrogen and oxygen atoms in total. The number of hydrogen-bond acceptors (Lipinski definition) is 6. The zero-order chi connectivity index (χ0) is 21.5. The van der Waals surface area contributed by atoms with Crippen molar-refractivity contribution in [3.05, 3.63) is 52.2 Å². The molecular weight excluding hydrogens is 406 g/mol. The van der Waals surface area contributed by atoms with E-state index in [0.29, 0.717) is 29.3 Å². The molecule has 2 heterocycles. The zero-order valence-electron chi connectivity index (χ0n) is 17.9. The van der Waals surface area contributed by atoms with Crippen LogP contribution in [-0.2, 0) is 13.0 Å². The molecule has 3 atom stereocenters. The van der Waals surface area contributed by atoms with Crippen molar-refractivity contribution >= 4 is 33.3 Å². The number of nitrogen functional groups attached to an aromatic ring is 1. The molecule has 4 N–H and O–H groups in total. The van der Waals surface area contributed by atoms with E-state index in [1.165, 1.54) is 48.1 Å². The van der Waals surface area contributed by atoms with Gasteiger partial charge in [-0.2, -0.15) is 0 Å². The normalized spacial score (nSPS) is 23.4. The highest BCUT2D eigenvalue weighted by Crippen LogP contribution is 2.51. The first-order valence-electron chi connectivity index (χ1n) is 11.1. The van der Waals surface area contributed by atoms with Crippen LogP contribution in [0.2, 0.25) is 0 Å². The molecule has 162 valence electrons. The van der Waals surface area contributed by atoms with E-state index in [9.17, 15) is 4.79 Å². The average Bonchev–Trinajstić information content (AvgIpc) is 3.34. The van der Waals surface area contributed by atoms with Crippen LogP contribution in [0.5, 0.6) is 0 Å². The summed E-state index contributed by atoms with van der Waals surface area (Å²) in [5.74, 6) is 1.51. The maximum Gasteiger partial charge on any atom is 0.248 e. The zero-order valence-corrected chi connectivity index (χ0v) is 18.7. The number of benzene rings is 1. The van der Waals surface area contributed by atoms with Crippen molar-refractivity contribution in [2.45, 2.75) is 57.0 Å². The van der Waals surface area contributed by atoms with Gasteiger partial charge < -0.3 is 11.5 Å². The van der Waals surface area contributed by atoms with E-state index < -0.39 is 0 Å². The highest BCUT2D eigenvalue weighted by atomic mass is 32.1. The molecule has 0 radical (unpaired) electrons. The SMILES string of the molecule is CN(Cc1ccc(C(N)=O)cc1)[C@H]1CCCC(C2CCc3sc4ncnc(N)c4c32)C1. The molecule has 7 heteroatoms. The Morgan fingerprint density at radius 3 is 2.77 bits per heavy atom. The molecule has 2 aromatic heterocycles. The van der Waals surface area contributed by atoms with Crippen molar-refractivity contribution in [2.75, 3.05) is 12.8 Å². The van der Waals surface area contributed by atoms with Gasteiger partial charge >= 0.3 is 0 Å². The van der Waals surface area contributed by atoms with Crippen LogP contribution in [0.25, 0.3) is 10.2 Å². The van der Waals surface area contributed by atoms with Crippen LogP contribution < -0.4 is 11.5 Å². The predicted molar refractivity (Wildman–Crippen MR) is 125 cm³/mol. The third kappa shape index (κ3) is 3.81. The standard InChI is InChI=1S/C24H29N5OS/c1-29(12-14-5-7-15(8-6-14)23(26)30)17-4-2-3-16(11-17)18-9-10-19-20(18)21-22(25)27-13-28-24(21)31-19/h5-8,13,16-18H,2-4,9-12H2,1H3,(H2,26,30)(H2,25,27,28)/t16?,17-,18?/m0/s1. The summed E-state index contributed by atoms with van der Waals surface area (Å²) in [5.41, 5.74) is 14.9. The van der Waals surface area contributed by atoms with Crippen molar-refractivity contribution in [1.82, 2.24) is 14.9 Å². The van der Waals surface area contributed by atoms with E-state index in [1.807, 2.05) is 24.3 Å². The van der Waals surface area contributed by atoms with Gasteiger partial charge in [0.25, 0.3) is 0 Å². The van der Waals surface area contributed by atoms with E-state index in [2.05, 4.69) is 21.9 Å². The number of nitrogens with two attached hydrogens (primary N) is 2. The lowest BCUT2D eigenvalue weighted by Gasteiger charge is -2.38. The second kappa shape index (κ2) is 8.20. The monoisotopic (exact) mass is 435 g/mol. The molecule has 2 aliphatic carbocycles. The predicted octanol–water partition coefficient (Wildman–Crippen LogP) is 4.09. The number of hydrogen-bond donors (Lipinski definition) is 2.